The van der Waals surface area contributed by atoms with Crippen molar-refractivity contribution in [2.75, 3.05) is 6.61 Å². The number of phenolic OH excluding ortho intramolecular Hbond substituents is 1. The van der Waals surface area contributed by atoms with E-state index in [1.54, 1.807) is 12.1 Å². The van der Waals surface area contributed by atoms with E-state index in [1.165, 1.54) is 11.8 Å². The second kappa shape index (κ2) is 8.84. The maximum Gasteiger partial charge on any atom is 0.277 e. The first-order chi connectivity index (χ1) is 11.5. The molecular formula is C17H16Br2N2O3. The second-order valence-electron chi connectivity index (χ2n) is 4.91. The molecule has 0 unspecified atom stereocenters. The summed E-state index contributed by atoms with van der Waals surface area (Å²) in [7, 11) is 0. The Labute approximate surface area is 157 Å². The van der Waals surface area contributed by atoms with Crippen LogP contribution in [0.1, 0.15) is 18.1 Å². The number of halogens is 2. The first-order valence-corrected chi connectivity index (χ1v) is 8.80. The molecule has 126 valence electrons. The van der Waals surface area contributed by atoms with Gasteiger partial charge in [-0.25, -0.2) is 5.43 Å². The molecule has 5 nitrogen and oxygen atoms in total. The van der Waals surface area contributed by atoms with Gasteiger partial charge in [-0.1, -0.05) is 19.1 Å². The largest absolute Gasteiger partial charge is 0.506 e. The Balaban J connectivity index is 1.84. The van der Waals surface area contributed by atoms with Gasteiger partial charge in [-0.05, 0) is 73.7 Å². The molecule has 0 aromatic heterocycles. The van der Waals surface area contributed by atoms with Gasteiger partial charge in [0.1, 0.15) is 11.5 Å². The van der Waals surface area contributed by atoms with Crippen molar-refractivity contribution in [1.29, 1.82) is 0 Å². The van der Waals surface area contributed by atoms with Crippen molar-refractivity contribution >= 4 is 44.0 Å². The molecule has 2 N–H and O–H groups in total. The zero-order valence-corrected chi connectivity index (χ0v) is 16.1. The van der Waals surface area contributed by atoms with E-state index in [4.69, 9.17) is 4.74 Å². The number of hydrazone groups is 1. The third-order valence-electron chi connectivity index (χ3n) is 3.14. The van der Waals surface area contributed by atoms with Gasteiger partial charge in [-0.3, -0.25) is 4.79 Å². The molecule has 0 spiro atoms. The van der Waals surface area contributed by atoms with Crippen molar-refractivity contribution in [1.82, 2.24) is 5.43 Å². The zero-order chi connectivity index (χ0) is 17.5. The number of ether oxygens (including phenoxy) is 1. The van der Waals surface area contributed by atoms with Crippen LogP contribution in [0.25, 0.3) is 0 Å². The third-order valence-corrected chi connectivity index (χ3v) is 4.35. The van der Waals surface area contributed by atoms with E-state index in [9.17, 15) is 9.90 Å². The van der Waals surface area contributed by atoms with Crippen LogP contribution in [-0.4, -0.2) is 23.8 Å². The van der Waals surface area contributed by atoms with E-state index in [1.807, 2.05) is 24.3 Å². The fourth-order valence-corrected chi connectivity index (χ4v) is 3.06. The first kappa shape index (κ1) is 18.5. The zero-order valence-electron chi connectivity index (χ0n) is 12.9. The maximum atomic E-state index is 11.7. The van der Waals surface area contributed by atoms with Crippen molar-refractivity contribution in [2.45, 2.75) is 13.3 Å². The number of nitrogens with zero attached hydrogens (tertiary/aromatic N) is 1. The summed E-state index contributed by atoms with van der Waals surface area (Å²) >= 11 is 6.46. The minimum Gasteiger partial charge on any atom is -0.506 e. The van der Waals surface area contributed by atoms with Gasteiger partial charge in [0.15, 0.2) is 6.61 Å². The Morgan fingerprint density at radius 1 is 1.25 bits per heavy atom. The number of carbonyl (C=O) groups excluding carboxylic acids is 1. The van der Waals surface area contributed by atoms with Crippen LogP contribution in [0, 0.1) is 0 Å². The number of aromatic hydroxyl groups is 1. The molecule has 2 aromatic rings. The van der Waals surface area contributed by atoms with Crippen LogP contribution < -0.4 is 10.2 Å². The highest BCUT2D eigenvalue weighted by Crippen LogP contribution is 2.32. The van der Waals surface area contributed by atoms with Crippen molar-refractivity contribution in [2.24, 2.45) is 5.10 Å². The Morgan fingerprint density at radius 3 is 2.46 bits per heavy atom. The van der Waals surface area contributed by atoms with E-state index in [0.29, 0.717) is 20.3 Å². The van der Waals surface area contributed by atoms with Gasteiger partial charge in [-0.2, -0.15) is 5.10 Å². The van der Waals surface area contributed by atoms with Gasteiger partial charge in [0, 0.05) is 0 Å². The molecule has 0 fully saturated rings. The molecule has 0 aliphatic carbocycles. The number of rotatable bonds is 6. The summed E-state index contributed by atoms with van der Waals surface area (Å²) in [5.74, 6) is 0.388. The van der Waals surface area contributed by atoms with Gasteiger partial charge in [0.25, 0.3) is 5.91 Å². The molecule has 0 atom stereocenters. The maximum absolute atomic E-state index is 11.7. The van der Waals surface area contributed by atoms with Crippen LogP contribution in [-0.2, 0) is 11.2 Å². The molecule has 0 saturated carbocycles. The lowest BCUT2D eigenvalue weighted by Crippen LogP contribution is -2.24. The molecule has 0 radical (unpaired) electrons. The number of phenols is 1. The second-order valence-corrected chi connectivity index (χ2v) is 6.62. The highest BCUT2D eigenvalue weighted by molar-refractivity contribution is 9.11. The normalized spacial score (nSPS) is 10.8. The van der Waals surface area contributed by atoms with Crippen LogP contribution in [0.15, 0.2) is 50.4 Å². The fourth-order valence-electron chi connectivity index (χ4n) is 1.84. The highest BCUT2D eigenvalue weighted by Gasteiger charge is 2.05. The first-order valence-electron chi connectivity index (χ1n) is 7.21. The number of nitrogens with one attached hydrogen (secondary N) is 1. The minimum atomic E-state index is -0.359. The van der Waals surface area contributed by atoms with Gasteiger partial charge in [-0.15, -0.1) is 0 Å². The molecular weight excluding hydrogens is 440 g/mol. The summed E-state index contributed by atoms with van der Waals surface area (Å²) in [5, 5.41) is 13.5. The lowest BCUT2D eigenvalue weighted by molar-refractivity contribution is -0.123. The van der Waals surface area contributed by atoms with Gasteiger partial charge < -0.3 is 9.84 Å². The van der Waals surface area contributed by atoms with Crippen LogP contribution >= 0.6 is 31.9 Å². The predicted octanol–water partition coefficient (Wildman–Crippen LogP) is 4.01. The molecule has 0 aliphatic rings. The minimum absolute atomic E-state index is 0.110. The average molecular weight is 456 g/mol. The molecule has 2 aromatic carbocycles. The standard InChI is InChI=1S/C17H16Br2N2O3/c1-2-11-3-5-13(6-4-11)24-10-16(22)21-20-9-12-7-14(18)17(23)15(19)8-12/h3-9,23H,2,10H2,1H3,(H,21,22). The van der Waals surface area contributed by atoms with E-state index in [0.717, 1.165) is 6.42 Å². The topological polar surface area (TPSA) is 70.9 Å². The molecule has 1 amide bonds. The quantitative estimate of drug-likeness (QED) is 0.510. The average Bonchev–Trinajstić information content (AvgIpc) is 2.58. The lowest BCUT2D eigenvalue weighted by Gasteiger charge is -2.06. The third kappa shape index (κ3) is 5.35. The Hall–Kier alpha value is -1.86. The number of aryl methyl sites for hydroxylation is 1. The van der Waals surface area contributed by atoms with Crippen molar-refractivity contribution in [3.8, 4) is 11.5 Å². The summed E-state index contributed by atoms with van der Waals surface area (Å²) in [6.45, 7) is 1.96. The number of amides is 1. The summed E-state index contributed by atoms with van der Waals surface area (Å²) in [6.07, 6.45) is 2.43. The van der Waals surface area contributed by atoms with Crippen molar-refractivity contribution in [3.05, 3.63) is 56.5 Å². The van der Waals surface area contributed by atoms with Gasteiger partial charge in [0.05, 0.1) is 15.2 Å². The number of carbonyl (C=O) groups is 1. The molecule has 2 rings (SSSR count). The SMILES string of the molecule is CCc1ccc(OCC(=O)NN=Cc2cc(Br)c(O)c(Br)c2)cc1. The highest BCUT2D eigenvalue weighted by atomic mass is 79.9. The Morgan fingerprint density at radius 2 is 1.88 bits per heavy atom. The number of hydrogen-bond acceptors (Lipinski definition) is 4. The molecule has 24 heavy (non-hydrogen) atoms. The van der Waals surface area contributed by atoms with Gasteiger partial charge in [0.2, 0.25) is 0 Å². The summed E-state index contributed by atoms with van der Waals surface area (Å²) in [6, 6.07) is 11.0. The van der Waals surface area contributed by atoms with Crippen molar-refractivity contribution in [3.63, 3.8) is 0 Å². The van der Waals surface area contributed by atoms with Crippen LogP contribution in [0.2, 0.25) is 0 Å². The predicted molar refractivity (Wildman–Crippen MR) is 101 cm³/mol. The molecule has 0 saturated heterocycles. The molecule has 7 heteroatoms. The molecule has 0 bridgehead atoms. The number of hydrogen-bond donors (Lipinski definition) is 2. The number of benzene rings is 2. The van der Waals surface area contributed by atoms with E-state index >= 15 is 0 Å². The Bertz CT molecular complexity index is 723. The summed E-state index contributed by atoms with van der Waals surface area (Å²) in [4.78, 5) is 11.7. The summed E-state index contributed by atoms with van der Waals surface area (Å²) < 4.78 is 6.45. The van der Waals surface area contributed by atoms with E-state index < -0.39 is 0 Å². The smallest absolute Gasteiger partial charge is 0.277 e. The van der Waals surface area contributed by atoms with Crippen molar-refractivity contribution < 1.29 is 14.6 Å². The molecule has 0 heterocycles. The lowest BCUT2D eigenvalue weighted by atomic mass is 10.2. The fraction of sp³-hybridized carbons (Fsp3) is 0.176. The van der Waals surface area contributed by atoms with Crippen LogP contribution in [0.4, 0.5) is 0 Å². The van der Waals surface area contributed by atoms with E-state index in [2.05, 4.69) is 49.3 Å². The van der Waals surface area contributed by atoms with Gasteiger partial charge >= 0.3 is 0 Å². The molecule has 0 aliphatic heterocycles. The van der Waals surface area contributed by atoms with E-state index in [-0.39, 0.29) is 18.3 Å². The summed E-state index contributed by atoms with van der Waals surface area (Å²) in [5.41, 5.74) is 4.31. The van der Waals surface area contributed by atoms with Crippen LogP contribution in [0.5, 0.6) is 11.5 Å². The Kier molecular flexibility index (Phi) is 6.81. The monoisotopic (exact) mass is 454 g/mol. The van der Waals surface area contributed by atoms with Crippen LogP contribution in [0.3, 0.4) is 0 Å².